The minimum Gasteiger partial charge on any atom is -0.461 e. The quantitative estimate of drug-likeness (QED) is 0.796. The van der Waals surface area contributed by atoms with Crippen LogP contribution in [0.25, 0.3) is 0 Å². The van der Waals surface area contributed by atoms with Crippen LogP contribution in [-0.4, -0.2) is 35.4 Å². The molecule has 0 N–H and O–H groups in total. The van der Waals surface area contributed by atoms with Gasteiger partial charge in [-0.2, -0.15) is 5.10 Å². The molecule has 0 spiro atoms. The van der Waals surface area contributed by atoms with Crippen LogP contribution in [0.4, 0.5) is 5.69 Å². The van der Waals surface area contributed by atoms with Crippen molar-refractivity contribution in [3.05, 3.63) is 47.8 Å². The van der Waals surface area contributed by atoms with Crippen molar-refractivity contribution in [1.82, 2.24) is 9.78 Å². The standard InChI is InChI=1S/C18H23N3O2/c1-3-21-17(11-14(2)19-21)18(22)23-13-15-9-10-20(12-15)16-7-5-4-6-8-16/h4-8,11,15H,3,9-10,12-13H2,1-2H3/t15-/m0/s1. The highest BCUT2D eigenvalue weighted by molar-refractivity contribution is 5.87. The summed E-state index contributed by atoms with van der Waals surface area (Å²) in [5.41, 5.74) is 2.62. The van der Waals surface area contributed by atoms with Gasteiger partial charge in [-0.25, -0.2) is 4.79 Å². The van der Waals surface area contributed by atoms with Crippen LogP contribution < -0.4 is 4.90 Å². The van der Waals surface area contributed by atoms with Gasteiger partial charge in [-0.3, -0.25) is 4.68 Å². The lowest BCUT2D eigenvalue weighted by atomic mass is 10.1. The first-order chi connectivity index (χ1) is 11.2. The van der Waals surface area contributed by atoms with E-state index in [1.807, 2.05) is 19.9 Å². The first-order valence-corrected chi connectivity index (χ1v) is 8.19. The third-order valence-electron chi connectivity index (χ3n) is 4.27. The van der Waals surface area contributed by atoms with Crippen molar-refractivity contribution in [3.8, 4) is 0 Å². The number of para-hydroxylation sites is 1. The maximum absolute atomic E-state index is 12.2. The first-order valence-electron chi connectivity index (χ1n) is 8.19. The number of anilines is 1. The number of carbonyl (C=O) groups is 1. The molecule has 2 aromatic rings. The van der Waals surface area contributed by atoms with Crippen LogP contribution in [-0.2, 0) is 11.3 Å². The molecule has 1 aromatic carbocycles. The summed E-state index contributed by atoms with van der Waals surface area (Å²) >= 11 is 0. The average molecular weight is 313 g/mol. The maximum atomic E-state index is 12.2. The predicted molar refractivity (Wildman–Crippen MR) is 89.7 cm³/mol. The van der Waals surface area contributed by atoms with Gasteiger partial charge in [-0.1, -0.05) is 18.2 Å². The molecule has 0 bridgehead atoms. The van der Waals surface area contributed by atoms with Crippen molar-refractivity contribution >= 4 is 11.7 Å². The van der Waals surface area contributed by atoms with Crippen molar-refractivity contribution in [2.24, 2.45) is 5.92 Å². The Bertz CT molecular complexity index is 666. The number of ether oxygens (including phenoxy) is 1. The number of hydrogen-bond donors (Lipinski definition) is 0. The Labute approximate surface area is 136 Å². The Kier molecular flexibility index (Phi) is 4.65. The van der Waals surface area contributed by atoms with E-state index in [0.717, 1.165) is 25.2 Å². The third-order valence-corrected chi connectivity index (χ3v) is 4.27. The summed E-state index contributed by atoms with van der Waals surface area (Å²) in [5.74, 6) is 0.115. The summed E-state index contributed by atoms with van der Waals surface area (Å²) in [5, 5.41) is 4.29. The largest absolute Gasteiger partial charge is 0.461 e. The monoisotopic (exact) mass is 313 g/mol. The molecule has 0 saturated carbocycles. The van der Waals surface area contributed by atoms with Gasteiger partial charge in [0.05, 0.1) is 12.3 Å². The summed E-state index contributed by atoms with van der Waals surface area (Å²) in [4.78, 5) is 14.6. The van der Waals surface area contributed by atoms with Gasteiger partial charge in [0, 0.05) is 31.2 Å². The molecule has 0 radical (unpaired) electrons. The van der Waals surface area contributed by atoms with Crippen LogP contribution in [0.3, 0.4) is 0 Å². The molecule has 0 unspecified atom stereocenters. The minimum atomic E-state index is -0.273. The van der Waals surface area contributed by atoms with Crippen LogP contribution >= 0.6 is 0 Å². The molecule has 5 nitrogen and oxygen atoms in total. The van der Waals surface area contributed by atoms with Gasteiger partial charge in [0.2, 0.25) is 0 Å². The molecule has 3 rings (SSSR count). The van der Waals surface area contributed by atoms with Gasteiger partial charge in [-0.15, -0.1) is 0 Å². The van der Waals surface area contributed by atoms with E-state index in [-0.39, 0.29) is 5.97 Å². The Morgan fingerprint density at radius 2 is 2.13 bits per heavy atom. The molecule has 2 heterocycles. The van der Waals surface area contributed by atoms with E-state index in [4.69, 9.17) is 4.74 Å². The molecule has 1 aliphatic rings. The second-order valence-electron chi connectivity index (χ2n) is 6.02. The molecule has 1 aromatic heterocycles. The SMILES string of the molecule is CCn1nc(C)cc1C(=O)OC[C@H]1CCN(c2ccccc2)C1. The van der Waals surface area contributed by atoms with Gasteiger partial charge in [0.15, 0.2) is 0 Å². The number of hydrogen-bond acceptors (Lipinski definition) is 4. The van der Waals surface area contributed by atoms with Crippen molar-refractivity contribution in [1.29, 1.82) is 0 Å². The number of esters is 1. The topological polar surface area (TPSA) is 47.4 Å². The van der Waals surface area contributed by atoms with Crippen LogP contribution in [0.5, 0.6) is 0 Å². The fourth-order valence-corrected chi connectivity index (χ4v) is 3.06. The summed E-state index contributed by atoms with van der Waals surface area (Å²) in [6, 6.07) is 12.2. The van der Waals surface area contributed by atoms with E-state index in [0.29, 0.717) is 24.8 Å². The lowest BCUT2D eigenvalue weighted by Crippen LogP contribution is -2.22. The Hall–Kier alpha value is -2.30. The van der Waals surface area contributed by atoms with Gasteiger partial charge in [-0.05, 0) is 38.5 Å². The lowest BCUT2D eigenvalue weighted by Gasteiger charge is -2.18. The number of aromatic nitrogens is 2. The van der Waals surface area contributed by atoms with Gasteiger partial charge in [0.25, 0.3) is 0 Å². The van der Waals surface area contributed by atoms with Crippen LogP contribution in [0.15, 0.2) is 36.4 Å². The van der Waals surface area contributed by atoms with Gasteiger partial charge < -0.3 is 9.64 Å². The number of benzene rings is 1. The highest BCUT2D eigenvalue weighted by Crippen LogP contribution is 2.23. The molecule has 1 fully saturated rings. The number of nitrogens with zero attached hydrogens (tertiary/aromatic N) is 3. The smallest absolute Gasteiger partial charge is 0.356 e. The summed E-state index contributed by atoms with van der Waals surface area (Å²) in [6.45, 7) is 6.94. The second kappa shape index (κ2) is 6.86. The molecular formula is C18H23N3O2. The van der Waals surface area contributed by atoms with Crippen molar-refractivity contribution in [3.63, 3.8) is 0 Å². The Morgan fingerprint density at radius 1 is 1.35 bits per heavy atom. The van der Waals surface area contributed by atoms with E-state index in [9.17, 15) is 4.79 Å². The maximum Gasteiger partial charge on any atom is 0.356 e. The zero-order valence-corrected chi connectivity index (χ0v) is 13.7. The summed E-state index contributed by atoms with van der Waals surface area (Å²) in [7, 11) is 0. The lowest BCUT2D eigenvalue weighted by molar-refractivity contribution is 0.0437. The van der Waals surface area contributed by atoms with Crippen molar-refractivity contribution in [2.45, 2.75) is 26.8 Å². The van der Waals surface area contributed by atoms with Gasteiger partial charge >= 0.3 is 5.97 Å². The average Bonchev–Trinajstić information content (AvgIpc) is 3.20. The number of carbonyl (C=O) groups excluding carboxylic acids is 1. The van der Waals surface area contributed by atoms with Crippen LogP contribution in [0.1, 0.15) is 29.5 Å². The Balaban J connectivity index is 1.54. The molecular weight excluding hydrogens is 290 g/mol. The van der Waals surface area contributed by atoms with Crippen molar-refractivity contribution < 1.29 is 9.53 Å². The normalized spacial score (nSPS) is 17.5. The van der Waals surface area contributed by atoms with E-state index in [1.165, 1.54) is 5.69 Å². The number of rotatable bonds is 5. The zero-order valence-electron chi connectivity index (χ0n) is 13.7. The first kappa shape index (κ1) is 15.6. The minimum absolute atomic E-state index is 0.273. The van der Waals surface area contributed by atoms with E-state index in [1.54, 1.807) is 10.7 Å². The molecule has 1 saturated heterocycles. The molecule has 1 aliphatic heterocycles. The highest BCUT2D eigenvalue weighted by Gasteiger charge is 2.24. The molecule has 0 amide bonds. The second-order valence-corrected chi connectivity index (χ2v) is 6.02. The highest BCUT2D eigenvalue weighted by atomic mass is 16.5. The molecule has 1 atom stereocenters. The molecule has 5 heteroatoms. The van der Waals surface area contributed by atoms with E-state index < -0.39 is 0 Å². The number of aryl methyl sites for hydroxylation is 2. The molecule has 23 heavy (non-hydrogen) atoms. The fraction of sp³-hybridized carbons (Fsp3) is 0.444. The predicted octanol–water partition coefficient (Wildman–Crippen LogP) is 2.89. The van der Waals surface area contributed by atoms with Crippen LogP contribution in [0.2, 0.25) is 0 Å². The van der Waals surface area contributed by atoms with Crippen LogP contribution in [0, 0.1) is 12.8 Å². The van der Waals surface area contributed by atoms with E-state index >= 15 is 0 Å². The summed E-state index contributed by atoms with van der Waals surface area (Å²) < 4.78 is 7.22. The third kappa shape index (κ3) is 3.55. The van der Waals surface area contributed by atoms with E-state index in [2.05, 4.69) is 34.3 Å². The summed E-state index contributed by atoms with van der Waals surface area (Å²) in [6.07, 6.45) is 1.05. The fourth-order valence-electron chi connectivity index (χ4n) is 3.06. The molecule has 122 valence electrons. The van der Waals surface area contributed by atoms with Gasteiger partial charge in [0.1, 0.15) is 5.69 Å². The Morgan fingerprint density at radius 3 is 2.87 bits per heavy atom. The zero-order chi connectivity index (χ0) is 16.2. The van der Waals surface area contributed by atoms with Crippen molar-refractivity contribution in [2.75, 3.05) is 24.6 Å². The molecule has 0 aliphatic carbocycles.